The molecule has 32 heavy (non-hydrogen) atoms. The molecule has 0 aliphatic carbocycles. The van der Waals surface area contributed by atoms with E-state index in [9.17, 15) is 8.42 Å². The van der Waals surface area contributed by atoms with Gasteiger partial charge in [-0.1, -0.05) is 18.2 Å². The molecule has 0 spiro atoms. The van der Waals surface area contributed by atoms with Crippen LogP contribution in [0.25, 0.3) is 0 Å². The zero-order chi connectivity index (χ0) is 22.6. The summed E-state index contributed by atoms with van der Waals surface area (Å²) in [6.45, 7) is 3.48. The third-order valence-corrected chi connectivity index (χ3v) is 6.79. The Balaban J connectivity index is 1.43. The van der Waals surface area contributed by atoms with Crippen molar-refractivity contribution >= 4 is 27.2 Å². The zero-order valence-corrected chi connectivity index (χ0v) is 18.9. The van der Waals surface area contributed by atoms with E-state index in [1.165, 1.54) is 32.2 Å². The first-order chi connectivity index (χ1) is 15.5. The third kappa shape index (κ3) is 4.72. The Morgan fingerprint density at radius 2 is 1.59 bits per heavy atom. The monoisotopic (exact) mass is 454 g/mol. The Bertz CT molecular complexity index is 1150. The van der Waals surface area contributed by atoms with E-state index >= 15 is 0 Å². The molecule has 1 saturated heterocycles. The topological polar surface area (TPSA) is 84.0 Å². The molecule has 0 atom stereocenters. The molecule has 4 rings (SSSR count). The third-order valence-electron chi connectivity index (χ3n) is 5.39. The first kappa shape index (κ1) is 21.8. The summed E-state index contributed by atoms with van der Waals surface area (Å²) in [5.74, 6) is 1.48. The van der Waals surface area contributed by atoms with Gasteiger partial charge in [-0.05, 0) is 36.4 Å². The highest BCUT2D eigenvalue weighted by atomic mass is 32.2. The average molecular weight is 455 g/mol. The van der Waals surface area contributed by atoms with Crippen molar-refractivity contribution in [1.29, 1.82) is 0 Å². The Morgan fingerprint density at radius 1 is 0.875 bits per heavy atom. The molecule has 0 amide bonds. The zero-order valence-electron chi connectivity index (χ0n) is 18.1. The number of nitrogens with zero attached hydrogens (tertiary/aromatic N) is 3. The van der Waals surface area contributed by atoms with E-state index in [1.54, 1.807) is 18.2 Å². The molecule has 0 unspecified atom stereocenters. The van der Waals surface area contributed by atoms with Crippen molar-refractivity contribution in [3.63, 3.8) is 0 Å². The maximum absolute atomic E-state index is 12.9. The Hall–Kier alpha value is -3.46. The summed E-state index contributed by atoms with van der Waals surface area (Å²) in [5, 5.41) is 0. The molecule has 3 aromatic rings. The number of hydrogen-bond donors (Lipinski definition) is 1. The summed E-state index contributed by atoms with van der Waals surface area (Å²) in [6.07, 6.45) is 1.53. The second-order valence-electron chi connectivity index (χ2n) is 7.34. The van der Waals surface area contributed by atoms with Crippen molar-refractivity contribution in [2.75, 3.05) is 54.9 Å². The first-order valence-corrected chi connectivity index (χ1v) is 11.7. The Labute approximate surface area is 188 Å². The van der Waals surface area contributed by atoms with Crippen LogP contribution in [0.2, 0.25) is 0 Å². The normalized spacial score (nSPS) is 14.2. The van der Waals surface area contributed by atoms with Crippen molar-refractivity contribution < 1.29 is 17.9 Å². The van der Waals surface area contributed by atoms with E-state index in [1.807, 2.05) is 24.3 Å². The van der Waals surface area contributed by atoms with Gasteiger partial charge in [0.1, 0.15) is 22.2 Å². The minimum atomic E-state index is -3.88. The van der Waals surface area contributed by atoms with E-state index in [2.05, 4.69) is 31.6 Å². The fraction of sp³-hybridized carbons (Fsp3) is 0.261. The molecule has 2 aromatic carbocycles. The second kappa shape index (κ2) is 9.35. The van der Waals surface area contributed by atoms with Crippen LogP contribution in [0.1, 0.15) is 0 Å². The number of sulfonamides is 1. The molecule has 168 valence electrons. The van der Waals surface area contributed by atoms with Crippen LogP contribution in [0.3, 0.4) is 0 Å². The Morgan fingerprint density at radius 3 is 2.22 bits per heavy atom. The number of methoxy groups -OCH3 is 2. The minimum absolute atomic E-state index is 0.000426. The summed E-state index contributed by atoms with van der Waals surface area (Å²) >= 11 is 0. The van der Waals surface area contributed by atoms with Gasteiger partial charge >= 0.3 is 0 Å². The molecule has 0 bridgehead atoms. The van der Waals surface area contributed by atoms with Crippen LogP contribution in [-0.4, -0.2) is 53.8 Å². The molecule has 1 aromatic heterocycles. The lowest BCUT2D eigenvalue weighted by molar-refractivity contribution is 0.392. The maximum atomic E-state index is 12.9. The van der Waals surface area contributed by atoms with Crippen LogP contribution in [0.4, 0.5) is 17.2 Å². The van der Waals surface area contributed by atoms with Crippen LogP contribution >= 0.6 is 0 Å². The smallest absolute Gasteiger partial charge is 0.265 e. The largest absolute Gasteiger partial charge is 0.497 e. The van der Waals surface area contributed by atoms with Gasteiger partial charge in [-0.2, -0.15) is 0 Å². The molecule has 0 radical (unpaired) electrons. The highest BCUT2D eigenvalue weighted by Crippen LogP contribution is 2.30. The lowest BCUT2D eigenvalue weighted by Gasteiger charge is -2.36. The fourth-order valence-corrected chi connectivity index (χ4v) is 4.90. The van der Waals surface area contributed by atoms with Gasteiger partial charge in [-0.3, -0.25) is 4.72 Å². The lowest BCUT2D eigenvalue weighted by Crippen LogP contribution is -2.46. The molecule has 0 saturated carbocycles. The van der Waals surface area contributed by atoms with Crippen LogP contribution in [-0.2, 0) is 10.0 Å². The van der Waals surface area contributed by atoms with Gasteiger partial charge in [0, 0.05) is 37.9 Å². The van der Waals surface area contributed by atoms with Crippen LogP contribution in [0.5, 0.6) is 11.5 Å². The number of para-hydroxylation sites is 1. The highest BCUT2D eigenvalue weighted by Gasteiger charge is 2.22. The number of aromatic nitrogens is 1. The molecule has 1 aliphatic rings. The fourth-order valence-electron chi connectivity index (χ4n) is 3.67. The van der Waals surface area contributed by atoms with Gasteiger partial charge in [0.25, 0.3) is 10.0 Å². The molecule has 2 heterocycles. The van der Waals surface area contributed by atoms with E-state index < -0.39 is 10.0 Å². The maximum Gasteiger partial charge on any atom is 0.265 e. The summed E-state index contributed by atoms with van der Waals surface area (Å²) in [6, 6.07) is 18.5. The lowest BCUT2D eigenvalue weighted by atomic mass is 10.2. The van der Waals surface area contributed by atoms with Crippen molar-refractivity contribution in [2.24, 2.45) is 0 Å². The van der Waals surface area contributed by atoms with Gasteiger partial charge < -0.3 is 19.3 Å². The molecular weight excluding hydrogens is 428 g/mol. The minimum Gasteiger partial charge on any atom is -0.497 e. The number of nitrogens with one attached hydrogen (secondary N) is 1. The predicted octanol–water partition coefficient (Wildman–Crippen LogP) is 3.23. The van der Waals surface area contributed by atoms with E-state index in [0.29, 0.717) is 11.4 Å². The van der Waals surface area contributed by atoms with Crippen LogP contribution < -0.4 is 24.0 Å². The van der Waals surface area contributed by atoms with Gasteiger partial charge in [-0.25, -0.2) is 13.4 Å². The summed E-state index contributed by atoms with van der Waals surface area (Å²) < 4.78 is 38.8. The second-order valence-corrected chi connectivity index (χ2v) is 8.99. The SMILES string of the molecule is COc1ccc(OC)c(S(=O)(=O)Nc2ccc(N3CCN(c4ccccc4)CC3)nc2)c1. The number of hydrogen-bond acceptors (Lipinski definition) is 7. The molecule has 1 fully saturated rings. The number of ether oxygens (including phenoxy) is 2. The number of rotatable bonds is 7. The van der Waals surface area contributed by atoms with Crippen LogP contribution in [0.15, 0.2) is 71.8 Å². The van der Waals surface area contributed by atoms with Gasteiger partial charge in [0.2, 0.25) is 0 Å². The number of benzene rings is 2. The standard InChI is InChI=1S/C23H26N4O4S/c1-30-20-9-10-21(31-2)22(16-20)32(28,29)25-18-8-11-23(24-17-18)27-14-12-26(13-15-27)19-6-4-3-5-7-19/h3-11,16-17,25H,12-15H2,1-2H3. The number of piperazine rings is 1. The molecule has 8 nitrogen and oxygen atoms in total. The van der Waals surface area contributed by atoms with Crippen molar-refractivity contribution in [1.82, 2.24) is 4.98 Å². The first-order valence-electron chi connectivity index (χ1n) is 10.3. The molecule has 1 aliphatic heterocycles. The van der Waals surface area contributed by atoms with Crippen molar-refractivity contribution in [3.05, 3.63) is 66.9 Å². The van der Waals surface area contributed by atoms with Crippen LogP contribution in [0, 0.1) is 0 Å². The van der Waals surface area contributed by atoms with E-state index in [4.69, 9.17) is 9.47 Å². The number of anilines is 3. The van der Waals surface area contributed by atoms with Crippen molar-refractivity contribution in [2.45, 2.75) is 4.90 Å². The van der Waals surface area contributed by atoms with Gasteiger partial charge in [-0.15, -0.1) is 0 Å². The van der Waals surface area contributed by atoms with Gasteiger partial charge in [0.15, 0.2) is 0 Å². The number of pyridine rings is 1. The molecular formula is C23H26N4O4S. The quantitative estimate of drug-likeness (QED) is 0.587. The van der Waals surface area contributed by atoms with E-state index in [-0.39, 0.29) is 10.6 Å². The molecule has 9 heteroatoms. The highest BCUT2D eigenvalue weighted by molar-refractivity contribution is 7.92. The average Bonchev–Trinajstić information content (AvgIpc) is 2.84. The summed E-state index contributed by atoms with van der Waals surface area (Å²) in [4.78, 5) is 9.02. The van der Waals surface area contributed by atoms with Gasteiger partial charge in [0.05, 0.1) is 26.1 Å². The summed E-state index contributed by atoms with van der Waals surface area (Å²) in [7, 11) is -0.974. The van der Waals surface area contributed by atoms with Crippen molar-refractivity contribution in [3.8, 4) is 11.5 Å². The Kier molecular flexibility index (Phi) is 6.36. The van der Waals surface area contributed by atoms with E-state index in [0.717, 1.165) is 32.0 Å². The predicted molar refractivity (Wildman–Crippen MR) is 125 cm³/mol. The molecule has 1 N–H and O–H groups in total. The summed E-state index contributed by atoms with van der Waals surface area (Å²) in [5.41, 5.74) is 1.60.